The van der Waals surface area contributed by atoms with E-state index in [1.54, 1.807) is 0 Å². The molecule has 2 aromatic rings. The van der Waals surface area contributed by atoms with Crippen LogP contribution in [0.4, 0.5) is 0 Å². The van der Waals surface area contributed by atoms with Gasteiger partial charge in [0.1, 0.15) is 0 Å². The van der Waals surface area contributed by atoms with E-state index in [-0.39, 0.29) is 25.8 Å². The molecule has 0 saturated heterocycles. The van der Waals surface area contributed by atoms with Gasteiger partial charge in [0.05, 0.1) is 0 Å². The van der Waals surface area contributed by atoms with Crippen molar-refractivity contribution in [3.05, 3.63) is 58.7 Å². The molecule has 0 aromatic heterocycles. The number of aryl methyl sites for hydroxylation is 4. The molecule has 0 spiro atoms. The van der Waals surface area contributed by atoms with Crippen LogP contribution in [-0.2, 0) is 51.5 Å². The molecule has 0 aliphatic carbocycles. The van der Waals surface area contributed by atoms with Crippen LogP contribution < -0.4 is 0 Å². The van der Waals surface area contributed by atoms with Crippen molar-refractivity contribution in [2.45, 2.75) is 53.4 Å². The quantitative estimate of drug-likeness (QED) is 0.479. The molecule has 19 heavy (non-hydrogen) atoms. The van der Waals surface area contributed by atoms with Crippen molar-refractivity contribution in [3.63, 3.8) is 0 Å². The van der Waals surface area contributed by atoms with Crippen molar-refractivity contribution in [2.24, 2.45) is 0 Å². The largest absolute Gasteiger partial charge is 0.213 e. The van der Waals surface area contributed by atoms with Crippen molar-refractivity contribution in [1.82, 2.24) is 0 Å². The first-order valence-corrected chi connectivity index (χ1v) is 7.23. The molecule has 0 fully saturated rings. The van der Waals surface area contributed by atoms with Gasteiger partial charge < -0.3 is 0 Å². The SMILES string of the molecule is CCc1ccc[c-]1CC.CCc1ccc[c-]1CC.[Hf]. The molecule has 0 saturated carbocycles. The molecule has 0 N–H and O–H groups in total. The van der Waals surface area contributed by atoms with E-state index in [1.165, 1.54) is 47.9 Å². The van der Waals surface area contributed by atoms with E-state index < -0.39 is 0 Å². The minimum Gasteiger partial charge on any atom is -0.213 e. The monoisotopic (exact) mass is 422 g/mol. The van der Waals surface area contributed by atoms with Crippen LogP contribution in [0.5, 0.6) is 0 Å². The summed E-state index contributed by atoms with van der Waals surface area (Å²) in [5.74, 6) is 0. The van der Waals surface area contributed by atoms with Crippen LogP contribution in [0.1, 0.15) is 49.9 Å². The Morgan fingerprint density at radius 2 is 1.11 bits per heavy atom. The van der Waals surface area contributed by atoms with Gasteiger partial charge in [0.25, 0.3) is 0 Å². The fraction of sp³-hybridized carbons (Fsp3) is 0.444. The summed E-state index contributed by atoms with van der Waals surface area (Å²) >= 11 is 0. The zero-order valence-corrected chi connectivity index (χ0v) is 16.4. The normalized spacial score (nSPS) is 9.47. The van der Waals surface area contributed by atoms with Gasteiger partial charge in [-0.15, -0.1) is 0 Å². The molecule has 2 aromatic carbocycles. The van der Waals surface area contributed by atoms with E-state index in [2.05, 4.69) is 64.1 Å². The van der Waals surface area contributed by atoms with E-state index in [0.29, 0.717) is 0 Å². The van der Waals surface area contributed by atoms with Crippen molar-refractivity contribution in [3.8, 4) is 0 Å². The summed E-state index contributed by atoms with van der Waals surface area (Å²) in [5, 5.41) is 0. The molecular formula is C18H26Hf-2. The first-order chi connectivity index (χ1) is 8.76. The van der Waals surface area contributed by atoms with Gasteiger partial charge in [-0.05, 0) is 0 Å². The van der Waals surface area contributed by atoms with Crippen molar-refractivity contribution >= 4 is 0 Å². The molecule has 0 aliphatic rings. The maximum atomic E-state index is 2.21. The number of hydrogen-bond donors (Lipinski definition) is 0. The summed E-state index contributed by atoms with van der Waals surface area (Å²) in [6.07, 6.45) is 4.71. The zero-order valence-electron chi connectivity index (χ0n) is 12.8. The van der Waals surface area contributed by atoms with Crippen LogP contribution in [0.3, 0.4) is 0 Å². The average molecular weight is 421 g/mol. The maximum absolute atomic E-state index is 2.21. The standard InChI is InChI=1S/2C9H13.Hf/c2*1-3-8-6-5-7-9(8)4-2;/h2*5-7H,3-4H2,1-2H3;/q2*-1;. The maximum Gasteiger partial charge on any atom is 0 e. The third-order valence-corrected chi connectivity index (χ3v) is 3.54. The van der Waals surface area contributed by atoms with Crippen LogP contribution in [0.15, 0.2) is 36.4 Å². The molecule has 0 nitrogen and oxygen atoms in total. The molecule has 0 unspecified atom stereocenters. The van der Waals surface area contributed by atoms with E-state index in [4.69, 9.17) is 0 Å². The molecule has 0 atom stereocenters. The third kappa shape index (κ3) is 5.60. The summed E-state index contributed by atoms with van der Waals surface area (Å²) < 4.78 is 0. The van der Waals surface area contributed by atoms with Gasteiger partial charge in [-0.1, -0.05) is 53.4 Å². The third-order valence-electron chi connectivity index (χ3n) is 3.54. The van der Waals surface area contributed by atoms with Crippen molar-refractivity contribution in [2.75, 3.05) is 0 Å². The Kier molecular flexibility index (Phi) is 10.1. The van der Waals surface area contributed by atoms with Gasteiger partial charge in [0.15, 0.2) is 0 Å². The summed E-state index contributed by atoms with van der Waals surface area (Å²) in [7, 11) is 0. The predicted molar refractivity (Wildman–Crippen MR) is 81.6 cm³/mol. The Balaban J connectivity index is 0.000000324. The predicted octanol–water partition coefficient (Wildman–Crippen LogP) is 5.06. The molecule has 2 rings (SSSR count). The fourth-order valence-corrected chi connectivity index (χ4v) is 2.37. The molecule has 0 heterocycles. The van der Waals surface area contributed by atoms with Gasteiger partial charge >= 0.3 is 0 Å². The summed E-state index contributed by atoms with van der Waals surface area (Å²) in [4.78, 5) is 0. The van der Waals surface area contributed by atoms with Gasteiger partial charge in [-0.2, -0.15) is 34.4 Å². The van der Waals surface area contributed by atoms with E-state index in [0.717, 1.165) is 0 Å². The Hall–Kier alpha value is -0.430. The van der Waals surface area contributed by atoms with Gasteiger partial charge in [0.2, 0.25) is 0 Å². The zero-order chi connectivity index (χ0) is 13.4. The fourth-order valence-electron chi connectivity index (χ4n) is 2.37. The Morgan fingerprint density at radius 3 is 1.32 bits per heavy atom. The van der Waals surface area contributed by atoms with E-state index in [9.17, 15) is 0 Å². The molecule has 104 valence electrons. The first-order valence-electron chi connectivity index (χ1n) is 7.23. The number of hydrogen-bond acceptors (Lipinski definition) is 0. The van der Waals surface area contributed by atoms with Crippen LogP contribution in [0.2, 0.25) is 0 Å². The van der Waals surface area contributed by atoms with Gasteiger partial charge in [-0.25, -0.2) is 24.3 Å². The molecule has 0 bridgehead atoms. The topological polar surface area (TPSA) is 0 Å². The summed E-state index contributed by atoms with van der Waals surface area (Å²) in [6, 6.07) is 13.1. The number of rotatable bonds is 4. The second-order valence-electron chi connectivity index (χ2n) is 4.57. The Labute approximate surface area is 137 Å². The average Bonchev–Trinajstić information content (AvgIpc) is 3.06. The van der Waals surface area contributed by atoms with Gasteiger partial charge in [0, 0.05) is 25.8 Å². The molecule has 0 aliphatic heterocycles. The Bertz CT molecular complexity index is 355. The van der Waals surface area contributed by atoms with Crippen LogP contribution in [-0.4, -0.2) is 0 Å². The van der Waals surface area contributed by atoms with Crippen molar-refractivity contribution in [1.29, 1.82) is 0 Å². The molecule has 0 radical (unpaired) electrons. The second kappa shape index (κ2) is 10.4. The summed E-state index contributed by atoms with van der Waals surface area (Å²) in [5.41, 5.74) is 6.05. The van der Waals surface area contributed by atoms with Crippen LogP contribution >= 0.6 is 0 Å². The summed E-state index contributed by atoms with van der Waals surface area (Å²) in [6.45, 7) is 8.81. The molecular weight excluding hydrogens is 395 g/mol. The minimum absolute atomic E-state index is 0. The van der Waals surface area contributed by atoms with Gasteiger partial charge in [-0.3, -0.25) is 0 Å². The van der Waals surface area contributed by atoms with Crippen LogP contribution in [0.25, 0.3) is 0 Å². The van der Waals surface area contributed by atoms with E-state index in [1.807, 2.05) is 0 Å². The van der Waals surface area contributed by atoms with Crippen LogP contribution in [0, 0.1) is 0 Å². The minimum atomic E-state index is 0. The first kappa shape index (κ1) is 18.6. The molecule has 0 amide bonds. The molecule has 1 heteroatoms. The second-order valence-corrected chi connectivity index (χ2v) is 4.57. The smallest absolute Gasteiger partial charge is 0 e. The Morgan fingerprint density at radius 1 is 0.737 bits per heavy atom. The van der Waals surface area contributed by atoms with E-state index >= 15 is 0 Å². The van der Waals surface area contributed by atoms with Crippen molar-refractivity contribution < 1.29 is 25.8 Å².